The number of H-pyrrole nitrogens is 1. The number of nitrogens with one attached hydrogen (secondary N) is 2. The average molecular weight is 247 g/mol. The molecule has 1 atom stereocenters. The molecule has 0 aromatic carbocycles. The van der Waals surface area contributed by atoms with Crippen LogP contribution in [0, 0.1) is 0 Å². The van der Waals surface area contributed by atoms with Gasteiger partial charge in [-0.2, -0.15) is 5.10 Å². The number of hydrogen-bond acceptors (Lipinski definition) is 3. The van der Waals surface area contributed by atoms with E-state index in [0.717, 1.165) is 13.0 Å². The summed E-state index contributed by atoms with van der Waals surface area (Å²) in [4.78, 5) is 16.1. The van der Waals surface area contributed by atoms with Crippen molar-refractivity contribution in [1.29, 1.82) is 0 Å². The van der Waals surface area contributed by atoms with Crippen LogP contribution >= 0.6 is 0 Å². The zero-order valence-electron chi connectivity index (χ0n) is 10.6. The van der Waals surface area contributed by atoms with Crippen molar-refractivity contribution in [3.8, 4) is 0 Å². The Morgan fingerprint density at radius 2 is 2.44 bits per heavy atom. The first-order valence-electron chi connectivity index (χ1n) is 6.03. The zero-order valence-corrected chi connectivity index (χ0v) is 10.6. The van der Waals surface area contributed by atoms with Gasteiger partial charge in [-0.05, 0) is 25.5 Å². The maximum Gasteiger partial charge on any atom is 0.268 e. The smallest absolute Gasteiger partial charge is 0.268 e. The third kappa shape index (κ3) is 2.58. The Bertz CT molecular complexity index is 502. The van der Waals surface area contributed by atoms with Crippen molar-refractivity contribution in [2.75, 3.05) is 0 Å². The van der Waals surface area contributed by atoms with Crippen LogP contribution in [0.5, 0.6) is 0 Å². The standard InChI is InChI=1S/C12H17N5O/c1-3-6-17-7-4-5-10(17)12(18)15-9(2)11-13-8-14-16-11/h4-5,7-9H,3,6H2,1-2H3,(H,15,18)(H,13,14,16). The van der Waals surface area contributed by atoms with E-state index in [1.54, 1.807) is 0 Å². The summed E-state index contributed by atoms with van der Waals surface area (Å²) in [6.07, 6.45) is 4.34. The normalized spacial score (nSPS) is 12.3. The van der Waals surface area contributed by atoms with Gasteiger partial charge in [-0.15, -0.1) is 0 Å². The summed E-state index contributed by atoms with van der Waals surface area (Å²) in [5.74, 6) is 0.550. The lowest BCUT2D eigenvalue weighted by atomic mass is 10.3. The van der Waals surface area contributed by atoms with Crippen LogP contribution in [0.15, 0.2) is 24.7 Å². The van der Waals surface area contributed by atoms with Gasteiger partial charge < -0.3 is 9.88 Å². The Kier molecular flexibility index (Phi) is 3.76. The van der Waals surface area contributed by atoms with Crippen molar-refractivity contribution in [3.63, 3.8) is 0 Å². The summed E-state index contributed by atoms with van der Waals surface area (Å²) in [7, 11) is 0. The van der Waals surface area contributed by atoms with E-state index in [4.69, 9.17) is 0 Å². The highest BCUT2D eigenvalue weighted by molar-refractivity contribution is 5.92. The number of carbonyl (C=O) groups is 1. The van der Waals surface area contributed by atoms with Gasteiger partial charge in [0.05, 0.1) is 6.04 Å². The van der Waals surface area contributed by atoms with Crippen molar-refractivity contribution < 1.29 is 4.79 Å². The fourth-order valence-electron chi connectivity index (χ4n) is 1.82. The van der Waals surface area contributed by atoms with Crippen molar-refractivity contribution in [2.24, 2.45) is 0 Å². The minimum Gasteiger partial charge on any atom is -0.344 e. The summed E-state index contributed by atoms with van der Waals surface area (Å²) in [6, 6.07) is 3.51. The van der Waals surface area contributed by atoms with Crippen LogP contribution < -0.4 is 5.32 Å². The maximum atomic E-state index is 12.1. The van der Waals surface area contributed by atoms with Crippen LogP contribution in [0.4, 0.5) is 0 Å². The van der Waals surface area contributed by atoms with E-state index < -0.39 is 0 Å². The summed E-state index contributed by atoms with van der Waals surface area (Å²) < 4.78 is 1.95. The van der Waals surface area contributed by atoms with Crippen molar-refractivity contribution in [1.82, 2.24) is 25.1 Å². The maximum absolute atomic E-state index is 12.1. The number of aromatic amines is 1. The van der Waals surface area contributed by atoms with Crippen molar-refractivity contribution in [2.45, 2.75) is 32.9 Å². The van der Waals surface area contributed by atoms with Gasteiger partial charge in [-0.25, -0.2) is 4.98 Å². The molecule has 96 valence electrons. The minimum atomic E-state index is -0.190. The third-order valence-corrected chi connectivity index (χ3v) is 2.72. The second-order valence-corrected chi connectivity index (χ2v) is 4.15. The highest BCUT2D eigenvalue weighted by atomic mass is 16.2. The molecule has 1 amide bonds. The number of nitrogens with zero attached hydrogens (tertiary/aromatic N) is 3. The molecule has 2 aromatic heterocycles. The molecule has 0 saturated heterocycles. The van der Waals surface area contributed by atoms with Crippen molar-refractivity contribution >= 4 is 5.91 Å². The Morgan fingerprint density at radius 1 is 1.61 bits per heavy atom. The van der Waals surface area contributed by atoms with Gasteiger partial charge in [-0.3, -0.25) is 9.89 Å². The van der Waals surface area contributed by atoms with Crippen LogP contribution in [-0.2, 0) is 6.54 Å². The number of carbonyl (C=O) groups excluding carboxylic acids is 1. The Balaban J connectivity index is 2.05. The van der Waals surface area contributed by atoms with Crippen LogP contribution in [-0.4, -0.2) is 25.7 Å². The predicted molar refractivity (Wildman–Crippen MR) is 67.0 cm³/mol. The van der Waals surface area contributed by atoms with E-state index in [-0.39, 0.29) is 11.9 Å². The summed E-state index contributed by atoms with van der Waals surface area (Å²) in [5.41, 5.74) is 0.670. The topological polar surface area (TPSA) is 75.6 Å². The van der Waals surface area contributed by atoms with Crippen molar-refractivity contribution in [3.05, 3.63) is 36.2 Å². The molecule has 1 unspecified atom stereocenters. The monoisotopic (exact) mass is 247 g/mol. The molecule has 0 aliphatic heterocycles. The number of aromatic nitrogens is 4. The van der Waals surface area contributed by atoms with E-state index in [9.17, 15) is 4.79 Å². The fraction of sp³-hybridized carbons (Fsp3) is 0.417. The predicted octanol–water partition coefficient (Wildman–Crippen LogP) is 1.51. The molecule has 0 fully saturated rings. The second-order valence-electron chi connectivity index (χ2n) is 4.15. The van der Waals surface area contributed by atoms with E-state index in [1.165, 1.54) is 6.33 Å². The van der Waals surface area contributed by atoms with E-state index in [0.29, 0.717) is 11.5 Å². The number of aryl methyl sites for hydroxylation is 1. The highest BCUT2D eigenvalue weighted by Crippen LogP contribution is 2.08. The first-order chi connectivity index (χ1) is 8.72. The number of amides is 1. The zero-order chi connectivity index (χ0) is 13.0. The molecule has 0 saturated carbocycles. The molecule has 0 bridgehead atoms. The van der Waals surface area contributed by atoms with Crippen LogP contribution in [0.1, 0.15) is 42.6 Å². The molecule has 2 heterocycles. The molecular formula is C12H17N5O. The van der Waals surface area contributed by atoms with Gasteiger partial charge in [0, 0.05) is 12.7 Å². The SMILES string of the molecule is CCCn1cccc1C(=O)NC(C)c1ncn[nH]1. The van der Waals surface area contributed by atoms with Gasteiger partial charge >= 0.3 is 0 Å². The molecule has 2 aromatic rings. The van der Waals surface area contributed by atoms with E-state index in [1.807, 2.05) is 29.8 Å². The largest absolute Gasteiger partial charge is 0.344 e. The molecule has 0 aliphatic rings. The van der Waals surface area contributed by atoms with Crippen LogP contribution in [0.2, 0.25) is 0 Å². The first-order valence-corrected chi connectivity index (χ1v) is 6.03. The third-order valence-electron chi connectivity index (χ3n) is 2.72. The van der Waals surface area contributed by atoms with Crippen LogP contribution in [0.3, 0.4) is 0 Å². The highest BCUT2D eigenvalue weighted by Gasteiger charge is 2.15. The molecule has 18 heavy (non-hydrogen) atoms. The second kappa shape index (κ2) is 5.48. The van der Waals surface area contributed by atoms with Gasteiger partial charge in [0.15, 0.2) is 0 Å². The Morgan fingerprint density at radius 3 is 3.11 bits per heavy atom. The number of rotatable bonds is 5. The van der Waals surface area contributed by atoms with Crippen LogP contribution in [0.25, 0.3) is 0 Å². The lowest BCUT2D eigenvalue weighted by Gasteiger charge is -2.12. The van der Waals surface area contributed by atoms with E-state index in [2.05, 4.69) is 27.4 Å². The molecule has 0 spiro atoms. The van der Waals surface area contributed by atoms with Gasteiger partial charge in [0.2, 0.25) is 0 Å². The molecule has 0 aliphatic carbocycles. The van der Waals surface area contributed by atoms with E-state index >= 15 is 0 Å². The lowest BCUT2D eigenvalue weighted by Crippen LogP contribution is -2.29. The molecule has 6 heteroatoms. The molecular weight excluding hydrogens is 230 g/mol. The molecule has 2 N–H and O–H groups in total. The van der Waals surface area contributed by atoms with Gasteiger partial charge in [0.25, 0.3) is 5.91 Å². The van der Waals surface area contributed by atoms with Gasteiger partial charge in [0.1, 0.15) is 17.8 Å². The molecule has 6 nitrogen and oxygen atoms in total. The number of hydrogen-bond donors (Lipinski definition) is 2. The average Bonchev–Trinajstić information content (AvgIpc) is 3.00. The summed E-state index contributed by atoms with van der Waals surface area (Å²) >= 11 is 0. The van der Waals surface area contributed by atoms with Gasteiger partial charge in [-0.1, -0.05) is 6.92 Å². The molecule has 0 radical (unpaired) electrons. The summed E-state index contributed by atoms with van der Waals surface area (Å²) in [6.45, 7) is 4.79. The minimum absolute atomic E-state index is 0.0997. The first kappa shape index (κ1) is 12.3. The summed E-state index contributed by atoms with van der Waals surface area (Å²) in [5, 5.41) is 9.40. The Labute approximate surface area is 105 Å². The molecule has 2 rings (SSSR count). The lowest BCUT2D eigenvalue weighted by molar-refractivity contribution is 0.0929. The fourth-order valence-corrected chi connectivity index (χ4v) is 1.82. The Hall–Kier alpha value is -2.11. The quantitative estimate of drug-likeness (QED) is 0.840.